The summed E-state index contributed by atoms with van der Waals surface area (Å²) in [6.07, 6.45) is 3.07. The Bertz CT molecular complexity index is 350. The molecule has 102 valence electrons. The van der Waals surface area contributed by atoms with E-state index in [1.54, 1.807) is 30.0 Å². The minimum Gasteiger partial charge on any atom is -0.434 e. The number of hydrogen-bond donors (Lipinski definition) is 1. The number of alkyl halides is 2. The van der Waals surface area contributed by atoms with Crippen molar-refractivity contribution in [2.75, 3.05) is 12.0 Å². The molecule has 0 bridgehead atoms. The molecule has 2 nitrogen and oxygen atoms in total. The molecule has 0 spiro atoms. The van der Waals surface area contributed by atoms with Gasteiger partial charge in [0.1, 0.15) is 5.75 Å². The molecule has 1 aromatic carbocycles. The Hall–Kier alpha value is -0.810. The van der Waals surface area contributed by atoms with Crippen molar-refractivity contribution in [1.29, 1.82) is 0 Å². The first-order valence-corrected chi connectivity index (χ1v) is 7.31. The number of nitrogens with one attached hydrogen (secondary N) is 1. The van der Waals surface area contributed by atoms with Gasteiger partial charge < -0.3 is 10.1 Å². The SMILES string of the molecule is CCC(CSC)NCc1ccccc1OC(F)F. The van der Waals surface area contributed by atoms with Crippen LogP contribution in [0, 0.1) is 0 Å². The van der Waals surface area contributed by atoms with Crippen molar-refractivity contribution in [2.24, 2.45) is 0 Å². The van der Waals surface area contributed by atoms with Crippen molar-refractivity contribution in [3.8, 4) is 5.75 Å². The van der Waals surface area contributed by atoms with E-state index in [9.17, 15) is 8.78 Å². The van der Waals surface area contributed by atoms with E-state index in [4.69, 9.17) is 0 Å². The van der Waals surface area contributed by atoms with Gasteiger partial charge in [-0.05, 0) is 18.7 Å². The van der Waals surface area contributed by atoms with Crippen LogP contribution in [0.4, 0.5) is 8.78 Å². The molecule has 1 N–H and O–H groups in total. The summed E-state index contributed by atoms with van der Waals surface area (Å²) < 4.78 is 29.0. The molecular weight excluding hydrogens is 256 g/mol. The van der Waals surface area contributed by atoms with Gasteiger partial charge in [-0.15, -0.1) is 0 Å². The van der Waals surface area contributed by atoms with E-state index in [0.29, 0.717) is 12.6 Å². The van der Waals surface area contributed by atoms with Gasteiger partial charge in [-0.2, -0.15) is 20.5 Å². The van der Waals surface area contributed by atoms with Crippen LogP contribution in [-0.4, -0.2) is 24.7 Å². The molecule has 0 fully saturated rings. The molecule has 18 heavy (non-hydrogen) atoms. The van der Waals surface area contributed by atoms with E-state index in [1.165, 1.54) is 0 Å². The Morgan fingerprint density at radius 1 is 1.33 bits per heavy atom. The van der Waals surface area contributed by atoms with Crippen LogP contribution in [-0.2, 0) is 6.54 Å². The second-order valence-corrected chi connectivity index (χ2v) is 4.84. The number of halogens is 2. The van der Waals surface area contributed by atoms with Crippen LogP contribution >= 0.6 is 11.8 Å². The van der Waals surface area contributed by atoms with Gasteiger partial charge in [-0.25, -0.2) is 0 Å². The fourth-order valence-electron chi connectivity index (χ4n) is 1.64. The van der Waals surface area contributed by atoms with Crippen LogP contribution < -0.4 is 10.1 Å². The molecule has 5 heteroatoms. The molecule has 0 aromatic heterocycles. The average molecular weight is 275 g/mol. The van der Waals surface area contributed by atoms with E-state index in [1.807, 2.05) is 6.07 Å². The molecule has 1 unspecified atom stereocenters. The fourth-order valence-corrected chi connectivity index (χ4v) is 2.39. The molecule has 0 saturated heterocycles. The molecule has 0 aliphatic carbocycles. The van der Waals surface area contributed by atoms with Crippen LogP contribution in [0.2, 0.25) is 0 Å². The highest BCUT2D eigenvalue weighted by Gasteiger charge is 2.10. The Kier molecular flexibility index (Phi) is 7.05. The van der Waals surface area contributed by atoms with Crippen molar-refractivity contribution in [1.82, 2.24) is 5.32 Å². The van der Waals surface area contributed by atoms with Crippen LogP contribution in [0.5, 0.6) is 5.75 Å². The second-order valence-electron chi connectivity index (χ2n) is 3.93. The standard InChI is InChI=1S/C13H19F2NOS/c1-3-11(9-18-2)16-8-10-6-4-5-7-12(10)17-13(14)15/h4-7,11,13,16H,3,8-9H2,1-2H3. The average Bonchev–Trinajstić information content (AvgIpc) is 2.35. The number of hydrogen-bond acceptors (Lipinski definition) is 3. The van der Waals surface area contributed by atoms with Crippen molar-refractivity contribution in [3.05, 3.63) is 29.8 Å². The Balaban J connectivity index is 2.60. The Morgan fingerprint density at radius 2 is 2.06 bits per heavy atom. The van der Waals surface area contributed by atoms with Gasteiger partial charge in [0.2, 0.25) is 0 Å². The maximum absolute atomic E-state index is 12.2. The number of para-hydroxylation sites is 1. The van der Waals surface area contributed by atoms with Gasteiger partial charge in [0.05, 0.1) is 0 Å². The first-order chi connectivity index (χ1) is 8.67. The molecule has 0 saturated carbocycles. The van der Waals surface area contributed by atoms with Crippen molar-refractivity contribution in [3.63, 3.8) is 0 Å². The van der Waals surface area contributed by atoms with E-state index in [2.05, 4.69) is 23.2 Å². The van der Waals surface area contributed by atoms with Crippen LogP contribution in [0.25, 0.3) is 0 Å². The number of benzene rings is 1. The molecule has 1 atom stereocenters. The lowest BCUT2D eigenvalue weighted by atomic mass is 10.2. The zero-order valence-corrected chi connectivity index (χ0v) is 11.5. The van der Waals surface area contributed by atoms with E-state index in [0.717, 1.165) is 17.7 Å². The minimum absolute atomic E-state index is 0.249. The molecule has 1 rings (SSSR count). The highest BCUT2D eigenvalue weighted by molar-refractivity contribution is 7.98. The molecule has 0 aliphatic heterocycles. The zero-order valence-electron chi connectivity index (χ0n) is 10.7. The van der Waals surface area contributed by atoms with Gasteiger partial charge in [-0.1, -0.05) is 25.1 Å². The van der Waals surface area contributed by atoms with Gasteiger partial charge in [0.25, 0.3) is 0 Å². The summed E-state index contributed by atoms with van der Waals surface area (Å²) in [6, 6.07) is 7.28. The van der Waals surface area contributed by atoms with Crippen molar-refractivity contribution < 1.29 is 13.5 Å². The lowest BCUT2D eigenvalue weighted by molar-refractivity contribution is -0.0505. The molecule has 0 radical (unpaired) electrons. The lowest BCUT2D eigenvalue weighted by Gasteiger charge is -2.17. The molecule has 0 aliphatic rings. The van der Waals surface area contributed by atoms with E-state index in [-0.39, 0.29) is 5.75 Å². The van der Waals surface area contributed by atoms with Gasteiger partial charge in [0.15, 0.2) is 0 Å². The lowest BCUT2D eigenvalue weighted by Crippen LogP contribution is -2.30. The van der Waals surface area contributed by atoms with Gasteiger partial charge in [-0.3, -0.25) is 0 Å². The molecule has 0 heterocycles. The second kappa shape index (κ2) is 8.32. The van der Waals surface area contributed by atoms with E-state index < -0.39 is 6.61 Å². The minimum atomic E-state index is -2.78. The molecule has 1 aromatic rings. The highest BCUT2D eigenvalue weighted by atomic mass is 32.2. The summed E-state index contributed by atoms with van der Waals surface area (Å²) in [6.45, 7) is -0.128. The topological polar surface area (TPSA) is 21.3 Å². The predicted molar refractivity (Wildman–Crippen MR) is 72.4 cm³/mol. The summed E-state index contributed by atoms with van der Waals surface area (Å²) in [5.41, 5.74) is 0.761. The van der Waals surface area contributed by atoms with Gasteiger partial charge >= 0.3 is 6.61 Å². The van der Waals surface area contributed by atoms with Gasteiger partial charge in [0, 0.05) is 23.9 Å². The Labute approximate surface area is 111 Å². The monoisotopic (exact) mass is 275 g/mol. The predicted octanol–water partition coefficient (Wildman–Crippen LogP) is 3.52. The fraction of sp³-hybridized carbons (Fsp3) is 0.538. The number of ether oxygens (including phenoxy) is 1. The quantitative estimate of drug-likeness (QED) is 0.784. The maximum atomic E-state index is 12.2. The van der Waals surface area contributed by atoms with Crippen LogP contribution in [0.3, 0.4) is 0 Å². The summed E-state index contributed by atoms with van der Waals surface area (Å²) in [4.78, 5) is 0. The van der Waals surface area contributed by atoms with Crippen molar-refractivity contribution >= 4 is 11.8 Å². The first kappa shape index (κ1) is 15.2. The maximum Gasteiger partial charge on any atom is 0.387 e. The summed E-state index contributed by atoms with van der Waals surface area (Å²) in [7, 11) is 0. The highest BCUT2D eigenvalue weighted by Crippen LogP contribution is 2.20. The number of thioether (sulfide) groups is 1. The zero-order chi connectivity index (χ0) is 13.4. The van der Waals surface area contributed by atoms with Crippen molar-refractivity contribution in [2.45, 2.75) is 32.5 Å². The molecule has 0 amide bonds. The smallest absolute Gasteiger partial charge is 0.387 e. The van der Waals surface area contributed by atoms with E-state index >= 15 is 0 Å². The largest absolute Gasteiger partial charge is 0.434 e. The summed E-state index contributed by atoms with van der Waals surface area (Å²) in [5.74, 6) is 1.26. The third-order valence-electron chi connectivity index (χ3n) is 2.63. The summed E-state index contributed by atoms with van der Waals surface area (Å²) in [5, 5.41) is 3.35. The summed E-state index contributed by atoms with van der Waals surface area (Å²) >= 11 is 1.77. The van der Waals surface area contributed by atoms with Crippen LogP contribution in [0.15, 0.2) is 24.3 Å². The number of rotatable bonds is 8. The first-order valence-electron chi connectivity index (χ1n) is 5.92. The third-order valence-corrected chi connectivity index (χ3v) is 3.37. The Morgan fingerprint density at radius 3 is 2.67 bits per heavy atom. The van der Waals surface area contributed by atoms with Crippen LogP contribution in [0.1, 0.15) is 18.9 Å². The third kappa shape index (κ3) is 5.23. The molecular formula is C13H19F2NOS. The normalized spacial score (nSPS) is 12.7.